The summed E-state index contributed by atoms with van der Waals surface area (Å²) < 4.78 is 6.91. The van der Waals surface area contributed by atoms with E-state index < -0.39 is 12.1 Å². The highest BCUT2D eigenvalue weighted by Gasteiger charge is 2.17. The van der Waals surface area contributed by atoms with Gasteiger partial charge in [0, 0.05) is 0 Å². The Labute approximate surface area is 152 Å². The molecule has 0 saturated carbocycles. The number of nitrogens with one attached hydrogen (secondary N) is 1. The van der Waals surface area contributed by atoms with Gasteiger partial charge < -0.3 is 9.72 Å². The molecule has 0 fully saturated rings. The van der Waals surface area contributed by atoms with E-state index >= 15 is 0 Å². The molecule has 2 aromatic heterocycles. The van der Waals surface area contributed by atoms with Gasteiger partial charge in [-0.25, -0.2) is 14.5 Å². The van der Waals surface area contributed by atoms with Crippen LogP contribution in [0.2, 0.25) is 0 Å². The molecule has 0 radical (unpaired) electrons. The molecule has 2 aromatic carbocycles. The van der Waals surface area contributed by atoms with Crippen molar-refractivity contribution in [2.24, 2.45) is 0 Å². The molecular weight excluding hydrogens is 348 g/mol. The van der Waals surface area contributed by atoms with Gasteiger partial charge in [-0.3, -0.25) is 4.79 Å². The first-order valence-electron chi connectivity index (χ1n) is 8.15. The minimum absolute atomic E-state index is 0.274. The fourth-order valence-electron chi connectivity index (χ4n) is 2.61. The summed E-state index contributed by atoms with van der Waals surface area (Å²) >= 11 is 0. The molecule has 0 aliphatic carbocycles. The third-order valence-corrected chi connectivity index (χ3v) is 4.02. The Morgan fingerprint density at radius 3 is 2.67 bits per heavy atom. The largest absolute Gasteiger partial charge is 0.451 e. The Bertz CT molecular complexity index is 1150. The molecule has 134 valence electrons. The van der Waals surface area contributed by atoms with Gasteiger partial charge in [0.15, 0.2) is 11.9 Å². The van der Waals surface area contributed by atoms with Crippen molar-refractivity contribution in [2.45, 2.75) is 13.0 Å². The molecule has 0 saturated heterocycles. The maximum Gasteiger partial charge on any atom is 0.338 e. The molecule has 4 aromatic rings. The van der Waals surface area contributed by atoms with Gasteiger partial charge in [-0.2, -0.15) is 0 Å². The SMILES string of the molecule is C[C@H](OC(=O)c1ccc(-n2cnnn2)cc1)c1nc2ccccc2c(=O)[nH]1. The van der Waals surface area contributed by atoms with Gasteiger partial charge >= 0.3 is 5.97 Å². The standard InChI is InChI=1S/C18H14N6O3/c1-11(16-20-15-5-3-2-4-14(15)17(25)21-16)27-18(26)12-6-8-13(9-7-12)24-10-19-22-23-24/h2-11H,1H3,(H,20,21,25)/t11-/m0/s1. The van der Waals surface area contributed by atoms with E-state index in [1.807, 2.05) is 0 Å². The Balaban J connectivity index is 1.53. The highest BCUT2D eigenvalue weighted by atomic mass is 16.5. The highest BCUT2D eigenvalue weighted by Crippen LogP contribution is 2.17. The number of esters is 1. The topological polar surface area (TPSA) is 116 Å². The number of H-pyrrole nitrogens is 1. The van der Waals surface area contributed by atoms with Crippen molar-refractivity contribution >= 4 is 16.9 Å². The molecule has 0 spiro atoms. The fraction of sp³-hybridized carbons (Fsp3) is 0.111. The lowest BCUT2D eigenvalue weighted by Crippen LogP contribution is -2.17. The van der Waals surface area contributed by atoms with Gasteiger partial charge in [0.25, 0.3) is 5.56 Å². The summed E-state index contributed by atoms with van der Waals surface area (Å²) in [7, 11) is 0. The van der Waals surface area contributed by atoms with Gasteiger partial charge in [-0.1, -0.05) is 12.1 Å². The zero-order valence-corrected chi connectivity index (χ0v) is 14.2. The Kier molecular flexibility index (Phi) is 4.17. The van der Waals surface area contributed by atoms with Gasteiger partial charge in [0.05, 0.1) is 22.2 Å². The van der Waals surface area contributed by atoms with Crippen molar-refractivity contribution < 1.29 is 9.53 Å². The van der Waals surface area contributed by atoms with Crippen LogP contribution in [0, 0.1) is 0 Å². The average molecular weight is 362 g/mol. The summed E-state index contributed by atoms with van der Waals surface area (Å²) in [5.41, 5.74) is 1.35. The van der Waals surface area contributed by atoms with Crippen LogP contribution in [0.5, 0.6) is 0 Å². The average Bonchev–Trinajstić information content (AvgIpc) is 3.23. The first-order chi connectivity index (χ1) is 13.1. The summed E-state index contributed by atoms with van der Waals surface area (Å²) in [6.45, 7) is 1.65. The number of benzene rings is 2. The second-order valence-electron chi connectivity index (χ2n) is 5.82. The number of hydrogen-bond acceptors (Lipinski definition) is 7. The van der Waals surface area contributed by atoms with Crippen molar-refractivity contribution in [1.29, 1.82) is 0 Å². The molecule has 1 N–H and O–H groups in total. The number of carbonyl (C=O) groups excluding carboxylic acids is 1. The highest BCUT2D eigenvalue weighted by molar-refractivity contribution is 5.89. The van der Waals surface area contributed by atoms with E-state index in [-0.39, 0.29) is 11.4 Å². The smallest absolute Gasteiger partial charge is 0.338 e. The van der Waals surface area contributed by atoms with Crippen molar-refractivity contribution in [2.75, 3.05) is 0 Å². The molecule has 0 unspecified atom stereocenters. The molecule has 2 heterocycles. The number of rotatable bonds is 4. The molecule has 27 heavy (non-hydrogen) atoms. The third kappa shape index (κ3) is 3.30. The summed E-state index contributed by atoms with van der Waals surface area (Å²) in [6, 6.07) is 13.6. The number of para-hydroxylation sites is 1. The predicted octanol–water partition coefficient (Wildman–Crippen LogP) is 1.82. The molecule has 0 aliphatic heterocycles. The summed E-state index contributed by atoms with van der Waals surface area (Å²) in [4.78, 5) is 31.6. The van der Waals surface area contributed by atoms with E-state index in [4.69, 9.17) is 4.74 Å². The van der Waals surface area contributed by atoms with E-state index in [1.54, 1.807) is 55.5 Å². The minimum atomic E-state index is -0.714. The molecule has 0 amide bonds. The number of fused-ring (bicyclic) bond motifs is 1. The van der Waals surface area contributed by atoms with Crippen molar-refractivity contribution in [1.82, 2.24) is 30.2 Å². The minimum Gasteiger partial charge on any atom is -0.451 e. The Hall–Kier alpha value is -3.88. The molecule has 1 atom stereocenters. The van der Waals surface area contributed by atoms with Crippen LogP contribution < -0.4 is 5.56 Å². The van der Waals surface area contributed by atoms with Crippen LogP contribution in [0.1, 0.15) is 29.2 Å². The predicted molar refractivity (Wildman–Crippen MR) is 95.3 cm³/mol. The number of hydrogen-bond donors (Lipinski definition) is 1. The quantitative estimate of drug-likeness (QED) is 0.550. The number of carbonyl (C=O) groups is 1. The van der Waals surface area contributed by atoms with Crippen molar-refractivity contribution in [3.05, 3.63) is 76.6 Å². The molecular formula is C18H14N6O3. The van der Waals surface area contributed by atoms with Crippen LogP contribution in [0.25, 0.3) is 16.6 Å². The second kappa shape index (κ2) is 6.79. The summed E-state index contributed by atoms with van der Waals surface area (Å²) in [5.74, 6) is -0.237. The van der Waals surface area contributed by atoms with Crippen LogP contribution in [0.4, 0.5) is 0 Å². The van der Waals surface area contributed by atoms with E-state index in [2.05, 4.69) is 25.5 Å². The Morgan fingerprint density at radius 2 is 1.93 bits per heavy atom. The van der Waals surface area contributed by atoms with Crippen LogP contribution >= 0.6 is 0 Å². The number of aromatic nitrogens is 6. The van der Waals surface area contributed by atoms with E-state index in [1.165, 1.54) is 11.0 Å². The van der Waals surface area contributed by atoms with Crippen LogP contribution in [-0.2, 0) is 4.74 Å². The van der Waals surface area contributed by atoms with Crippen molar-refractivity contribution in [3.8, 4) is 5.69 Å². The number of aromatic amines is 1. The van der Waals surface area contributed by atoms with Crippen LogP contribution in [0.3, 0.4) is 0 Å². The van der Waals surface area contributed by atoms with E-state index in [9.17, 15) is 9.59 Å². The third-order valence-electron chi connectivity index (χ3n) is 4.02. The monoisotopic (exact) mass is 362 g/mol. The number of tetrazole rings is 1. The van der Waals surface area contributed by atoms with Crippen LogP contribution in [0.15, 0.2) is 59.7 Å². The lowest BCUT2D eigenvalue weighted by molar-refractivity contribution is 0.0320. The molecule has 4 rings (SSSR count). The zero-order chi connectivity index (χ0) is 18.8. The van der Waals surface area contributed by atoms with E-state index in [0.29, 0.717) is 22.2 Å². The summed E-state index contributed by atoms with van der Waals surface area (Å²) in [5, 5.41) is 11.4. The molecule has 0 bridgehead atoms. The van der Waals surface area contributed by atoms with Crippen molar-refractivity contribution in [3.63, 3.8) is 0 Å². The number of nitrogens with zero attached hydrogens (tertiary/aromatic N) is 5. The fourth-order valence-corrected chi connectivity index (χ4v) is 2.61. The maximum atomic E-state index is 12.4. The maximum absolute atomic E-state index is 12.4. The lowest BCUT2D eigenvalue weighted by Gasteiger charge is -2.13. The van der Waals surface area contributed by atoms with Crippen LogP contribution in [-0.4, -0.2) is 36.1 Å². The van der Waals surface area contributed by atoms with Gasteiger partial charge in [-0.05, 0) is 53.7 Å². The second-order valence-corrected chi connectivity index (χ2v) is 5.82. The molecule has 9 heteroatoms. The van der Waals surface area contributed by atoms with Gasteiger partial charge in [0.1, 0.15) is 6.33 Å². The molecule has 0 aliphatic rings. The Morgan fingerprint density at radius 1 is 1.15 bits per heavy atom. The van der Waals surface area contributed by atoms with E-state index in [0.717, 1.165) is 0 Å². The van der Waals surface area contributed by atoms with Gasteiger partial charge in [0.2, 0.25) is 0 Å². The number of ether oxygens (including phenoxy) is 1. The lowest BCUT2D eigenvalue weighted by atomic mass is 10.2. The first kappa shape index (κ1) is 16.6. The normalized spacial score (nSPS) is 12.0. The molecule has 9 nitrogen and oxygen atoms in total. The van der Waals surface area contributed by atoms with Gasteiger partial charge in [-0.15, -0.1) is 5.10 Å². The summed E-state index contributed by atoms with van der Waals surface area (Å²) in [6.07, 6.45) is 0.742. The first-order valence-corrected chi connectivity index (χ1v) is 8.15. The zero-order valence-electron chi connectivity index (χ0n) is 14.2.